The van der Waals surface area contributed by atoms with Gasteiger partial charge in [-0.2, -0.15) is 0 Å². The first kappa shape index (κ1) is 14.7. The fraction of sp³-hybridized carbons (Fsp3) is 0.375. The van der Waals surface area contributed by atoms with Crippen LogP contribution < -0.4 is 0 Å². The normalized spacial score (nSPS) is 22.3. The Hall–Kier alpha value is -1.20. The molecule has 2 nitrogen and oxygen atoms in total. The fourth-order valence-electron chi connectivity index (χ4n) is 2.87. The van der Waals surface area contributed by atoms with Crippen LogP contribution in [0.15, 0.2) is 29.2 Å². The zero-order valence-corrected chi connectivity index (χ0v) is 13.2. The summed E-state index contributed by atoms with van der Waals surface area (Å²) in [4.78, 5) is 14.8. The van der Waals surface area contributed by atoms with Crippen LogP contribution in [0, 0.1) is 5.82 Å². The largest absolute Gasteiger partial charge is 0.290 e. The maximum Gasteiger partial charge on any atom is 0.266 e. The lowest BCUT2D eigenvalue weighted by Gasteiger charge is -2.29. The number of benzene rings is 1. The standard InChI is InChI=1S/C16H16FNOS2/c17-13-9-5-4-6-11(13)10-14-15(19)18(16(20)21-14)12-7-2-1-3-8-12/h4-6,9-10,12H,1-3,7-8H2. The third-order valence-electron chi connectivity index (χ3n) is 3.96. The van der Waals surface area contributed by atoms with E-state index in [1.54, 1.807) is 29.2 Å². The number of nitrogens with zero attached hydrogens (tertiary/aromatic N) is 1. The van der Waals surface area contributed by atoms with Crippen molar-refractivity contribution >= 4 is 40.3 Å². The number of carbonyl (C=O) groups excluding carboxylic acids is 1. The van der Waals surface area contributed by atoms with Crippen LogP contribution in [0.2, 0.25) is 0 Å². The zero-order chi connectivity index (χ0) is 14.8. The molecule has 1 aromatic rings. The van der Waals surface area contributed by atoms with Crippen LogP contribution in [0.3, 0.4) is 0 Å². The van der Waals surface area contributed by atoms with Crippen molar-refractivity contribution < 1.29 is 9.18 Å². The molecule has 0 radical (unpaired) electrons. The molecule has 2 fully saturated rings. The third-order valence-corrected chi connectivity index (χ3v) is 5.29. The lowest BCUT2D eigenvalue weighted by molar-refractivity contribution is -0.124. The number of thiocarbonyl (C=S) groups is 1. The second-order valence-electron chi connectivity index (χ2n) is 5.37. The van der Waals surface area contributed by atoms with Crippen LogP contribution in [0.4, 0.5) is 4.39 Å². The Bertz CT molecular complexity index is 608. The van der Waals surface area contributed by atoms with E-state index in [1.165, 1.54) is 24.2 Å². The fourth-order valence-corrected chi connectivity index (χ4v) is 4.26. The summed E-state index contributed by atoms with van der Waals surface area (Å²) in [6.45, 7) is 0. The molecule has 0 bridgehead atoms. The highest BCUT2D eigenvalue weighted by atomic mass is 32.2. The molecule has 0 N–H and O–H groups in total. The molecule has 1 aliphatic carbocycles. The van der Waals surface area contributed by atoms with Crippen LogP contribution in [0.1, 0.15) is 37.7 Å². The first-order valence-corrected chi connectivity index (χ1v) is 8.41. The molecule has 1 aromatic carbocycles. The molecule has 0 spiro atoms. The zero-order valence-electron chi connectivity index (χ0n) is 11.5. The molecule has 0 unspecified atom stereocenters. The second-order valence-corrected chi connectivity index (χ2v) is 7.04. The minimum atomic E-state index is -0.319. The van der Waals surface area contributed by atoms with Crippen LogP contribution in [-0.4, -0.2) is 21.2 Å². The molecule has 1 amide bonds. The predicted molar refractivity (Wildman–Crippen MR) is 88.3 cm³/mol. The van der Waals surface area contributed by atoms with E-state index in [4.69, 9.17) is 12.2 Å². The first-order valence-electron chi connectivity index (χ1n) is 7.18. The molecule has 0 aromatic heterocycles. The average molecular weight is 321 g/mol. The number of hydrogen-bond acceptors (Lipinski definition) is 3. The van der Waals surface area contributed by atoms with Gasteiger partial charge < -0.3 is 0 Å². The Morgan fingerprint density at radius 1 is 1.24 bits per heavy atom. The van der Waals surface area contributed by atoms with E-state index in [2.05, 4.69) is 0 Å². The summed E-state index contributed by atoms with van der Waals surface area (Å²) in [5.41, 5.74) is 0.432. The molecule has 5 heteroatoms. The number of amides is 1. The quantitative estimate of drug-likeness (QED) is 0.596. The van der Waals surface area contributed by atoms with Gasteiger partial charge in [0.05, 0.1) is 4.91 Å². The van der Waals surface area contributed by atoms with Crippen LogP contribution >= 0.6 is 24.0 Å². The van der Waals surface area contributed by atoms with Crippen molar-refractivity contribution in [1.29, 1.82) is 0 Å². The molecule has 1 saturated heterocycles. The van der Waals surface area contributed by atoms with Gasteiger partial charge in [-0.15, -0.1) is 0 Å². The summed E-state index contributed by atoms with van der Waals surface area (Å²) in [5.74, 6) is -0.388. The van der Waals surface area contributed by atoms with Crippen molar-refractivity contribution in [3.05, 3.63) is 40.6 Å². The van der Waals surface area contributed by atoms with Crippen molar-refractivity contribution in [2.75, 3.05) is 0 Å². The van der Waals surface area contributed by atoms with Crippen molar-refractivity contribution in [3.63, 3.8) is 0 Å². The summed E-state index contributed by atoms with van der Waals surface area (Å²) in [6, 6.07) is 6.69. The number of halogens is 1. The Labute approximate surface area is 133 Å². The van der Waals surface area contributed by atoms with Gasteiger partial charge in [0.1, 0.15) is 10.1 Å². The van der Waals surface area contributed by atoms with Crippen molar-refractivity contribution in [2.45, 2.75) is 38.1 Å². The maximum atomic E-state index is 13.7. The topological polar surface area (TPSA) is 20.3 Å². The number of carbonyl (C=O) groups is 1. The average Bonchev–Trinajstić information content (AvgIpc) is 2.77. The Morgan fingerprint density at radius 2 is 1.95 bits per heavy atom. The molecule has 1 aliphatic heterocycles. The second kappa shape index (κ2) is 6.28. The highest BCUT2D eigenvalue weighted by Crippen LogP contribution is 2.37. The van der Waals surface area contributed by atoms with Gasteiger partial charge in [0, 0.05) is 11.6 Å². The van der Waals surface area contributed by atoms with E-state index in [1.807, 2.05) is 0 Å². The van der Waals surface area contributed by atoms with E-state index >= 15 is 0 Å². The Kier molecular flexibility index (Phi) is 4.40. The van der Waals surface area contributed by atoms with E-state index in [0.717, 1.165) is 25.7 Å². The minimum absolute atomic E-state index is 0.0693. The molecule has 3 rings (SSSR count). The molecule has 1 heterocycles. The summed E-state index contributed by atoms with van der Waals surface area (Å²) in [5, 5.41) is 0. The highest BCUT2D eigenvalue weighted by Gasteiger charge is 2.37. The molecule has 110 valence electrons. The minimum Gasteiger partial charge on any atom is -0.290 e. The Balaban J connectivity index is 1.84. The van der Waals surface area contributed by atoms with E-state index < -0.39 is 0 Å². The first-order chi connectivity index (χ1) is 10.2. The monoisotopic (exact) mass is 321 g/mol. The van der Waals surface area contributed by atoms with E-state index in [9.17, 15) is 9.18 Å². The molecule has 0 atom stereocenters. The molecule has 1 saturated carbocycles. The molecular formula is C16H16FNOS2. The lowest BCUT2D eigenvalue weighted by atomic mass is 9.94. The van der Waals surface area contributed by atoms with Crippen LogP contribution in [0.25, 0.3) is 6.08 Å². The van der Waals surface area contributed by atoms with Crippen molar-refractivity contribution in [2.24, 2.45) is 0 Å². The van der Waals surface area contributed by atoms with Crippen LogP contribution in [0.5, 0.6) is 0 Å². The Morgan fingerprint density at radius 3 is 2.67 bits per heavy atom. The van der Waals surface area contributed by atoms with Gasteiger partial charge in [-0.05, 0) is 25.0 Å². The molecule has 2 aliphatic rings. The van der Waals surface area contributed by atoms with E-state index in [0.29, 0.717) is 14.8 Å². The highest BCUT2D eigenvalue weighted by molar-refractivity contribution is 8.26. The number of thioether (sulfide) groups is 1. The summed E-state index contributed by atoms with van der Waals surface area (Å²) < 4.78 is 14.3. The van der Waals surface area contributed by atoms with Gasteiger partial charge in [0.25, 0.3) is 5.91 Å². The van der Waals surface area contributed by atoms with E-state index in [-0.39, 0.29) is 17.8 Å². The van der Waals surface area contributed by atoms with Gasteiger partial charge in [0.2, 0.25) is 0 Å². The SMILES string of the molecule is O=C1C(=Cc2ccccc2F)SC(=S)N1C1CCCCC1. The van der Waals surface area contributed by atoms with Gasteiger partial charge >= 0.3 is 0 Å². The van der Waals surface area contributed by atoms with Crippen molar-refractivity contribution in [1.82, 2.24) is 4.90 Å². The van der Waals surface area contributed by atoms with Crippen molar-refractivity contribution in [3.8, 4) is 0 Å². The van der Waals surface area contributed by atoms with Gasteiger partial charge in [-0.1, -0.05) is 61.4 Å². The number of hydrogen-bond donors (Lipinski definition) is 0. The maximum absolute atomic E-state index is 13.7. The summed E-state index contributed by atoms with van der Waals surface area (Å²) >= 11 is 6.64. The molecule has 21 heavy (non-hydrogen) atoms. The summed E-state index contributed by atoms with van der Waals surface area (Å²) in [6.07, 6.45) is 7.16. The molecular weight excluding hydrogens is 305 g/mol. The van der Waals surface area contributed by atoms with Gasteiger partial charge in [-0.25, -0.2) is 4.39 Å². The number of rotatable bonds is 2. The smallest absolute Gasteiger partial charge is 0.266 e. The predicted octanol–water partition coefficient (Wildman–Crippen LogP) is 4.36. The summed E-state index contributed by atoms with van der Waals surface area (Å²) in [7, 11) is 0. The van der Waals surface area contributed by atoms with Gasteiger partial charge in [0.15, 0.2) is 0 Å². The lowest BCUT2D eigenvalue weighted by Crippen LogP contribution is -2.39. The third kappa shape index (κ3) is 3.04. The van der Waals surface area contributed by atoms with Gasteiger partial charge in [-0.3, -0.25) is 9.69 Å². The van der Waals surface area contributed by atoms with Crippen LogP contribution in [-0.2, 0) is 4.79 Å².